The predicted molar refractivity (Wildman–Crippen MR) is 122 cm³/mol. The summed E-state index contributed by atoms with van der Waals surface area (Å²) >= 11 is 6.58. The zero-order valence-corrected chi connectivity index (χ0v) is 17.8. The van der Waals surface area contributed by atoms with Gasteiger partial charge < -0.3 is 9.40 Å². The molecule has 0 saturated heterocycles. The van der Waals surface area contributed by atoms with E-state index < -0.39 is 0 Å². The minimum absolute atomic E-state index is 0.218. The number of nitrogens with zero attached hydrogens (tertiary/aromatic N) is 5. The number of hydrogen-bond donors (Lipinski definition) is 1. The maximum atomic E-state index is 13.4. The Balaban J connectivity index is 1.53. The molecule has 1 aliphatic carbocycles. The fourth-order valence-corrected chi connectivity index (χ4v) is 3.66. The van der Waals surface area contributed by atoms with E-state index in [1.165, 1.54) is 24.4 Å². The maximum absolute atomic E-state index is 13.4. The molecule has 10 heteroatoms. The molecule has 164 valence electrons. The van der Waals surface area contributed by atoms with Gasteiger partial charge in [0, 0.05) is 35.2 Å². The smallest absolute Gasteiger partial charge is 0.248 e. The molecule has 1 N–H and O–H groups in total. The van der Waals surface area contributed by atoms with Crippen LogP contribution in [0.2, 0.25) is 0 Å². The van der Waals surface area contributed by atoms with E-state index in [0.29, 0.717) is 29.2 Å². The summed E-state index contributed by atoms with van der Waals surface area (Å²) in [4.78, 5) is 14.0. The second-order valence-electron chi connectivity index (χ2n) is 7.17. The van der Waals surface area contributed by atoms with Crippen LogP contribution in [0.4, 0.5) is 4.39 Å². The Kier molecular flexibility index (Phi) is 5.54. The molecule has 1 unspecified atom stereocenters. The molecular formula is C23H16ClFN6O2. The molecule has 1 atom stereocenters. The van der Waals surface area contributed by atoms with Crippen LogP contribution in [0.1, 0.15) is 18.1 Å². The summed E-state index contributed by atoms with van der Waals surface area (Å²) in [6.07, 6.45) is 11.2. The first-order valence-corrected chi connectivity index (χ1v) is 10.5. The third kappa shape index (κ3) is 4.31. The van der Waals surface area contributed by atoms with Crippen LogP contribution in [-0.2, 0) is 0 Å². The third-order valence-electron chi connectivity index (χ3n) is 4.95. The van der Waals surface area contributed by atoms with Gasteiger partial charge in [-0.05, 0) is 48.9 Å². The van der Waals surface area contributed by atoms with Crippen molar-refractivity contribution < 1.29 is 8.81 Å². The third-order valence-corrected chi connectivity index (χ3v) is 5.36. The number of benzene rings is 1. The number of aromatic nitrogens is 6. The SMILES string of the molecule is O=c1cc(-c2nnc(/C=C/c3nnc(-c4ccc(F)cc4)n3C3=CC=CCC3Cl)o2)cc[nH]1. The largest absolute Gasteiger partial charge is 0.417 e. The highest BCUT2D eigenvalue weighted by molar-refractivity contribution is 6.25. The molecule has 1 aliphatic rings. The second kappa shape index (κ2) is 8.79. The molecule has 5 rings (SSSR count). The van der Waals surface area contributed by atoms with Crippen LogP contribution in [0.5, 0.6) is 0 Å². The lowest BCUT2D eigenvalue weighted by atomic mass is 10.1. The van der Waals surface area contributed by atoms with E-state index in [9.17, 15) is 9.18 Å². The highest BCUT2D eigenvalue weighted by Crippen LogP contribution is 2.30. The van der Waals surface area contributed by atoms with Gasteiger partial charge in [0.05, 0.1) is 5.38 Å². The summed E-state index contributed by atoms with van der Waals surface area (Å²) < 4.78 is 20.9. The van der Waals surface area contributed by atoms with Gasteiger partial charge in [0.2, 0.25) is 17.3 Å². The number of allylic oxidation sites excluding steroid dienone is 4. The molecular weight excluding hydrogens is 447 g/mol. The lowest BCUT2D eigenvalue weighted by Gasteiger charge is -2.19. The molecule has 3 aromatic heterocycles. The molecule has 33 heavy (non-hydrogen) atoms. The average molecular weight is 463 g/mol. The van der Waals surface area contributed by atoms with Crippen LogP contribution >= 0.6 is 11.6 Å². The van der Waals surface area contributed by atoms with Gasteiger partial charge in [0.15, 0.2) is 11.6 Å². The number of hydrogen-bond acceptors (Lipinski definition) is 6. The highest BCUT2D eigenvalue weighted by Gasteiger charge is 2.22. The second-order valence-corrected chi connectivity index (χ2v) is 7.69. The fraction of sp³-hybridized carbons (Fsp3) is 0.0870. The molecule has 0 amide bonds. The summed E-state index contributed by atoms with van der Waals surface area (Å²) in [6, 6.07) is 9.04. The molecule has 0 saturated carbocycles. The van der Waals surface area contributed by atoms with Crippen molar-refractivity contribution in [2.24, 2.45) is 0 Å². The number of pyridine rings is 1. The van der Waals surface area contributed by atoms with Crippen LogP contribution in [0.3, 0.4) is 0 Å². The first-order valence-electron chi connectivity index (χ1n) is 10.0. The minimum Gasteiger partial charge on any atom is -0.417 e. The van der Waals surface area contributed by atoms with Crippen molar-refractivity contribution in [2.45, 2.75) is 11.8 Å². The van der Waals surface area contributed by atoms with E-state index in [2.05, 4.69) is 25.4 Å². The standard InChI is InChI=1S/C23H16ClFN6O2/c24-17-3-1-2-4-18(17)31-19(27-29-22(31)14-5-7-16(25)8-6-14)9-10-21-28-30-23(33-21)15-11-12-26-20(32)13-15/h1-2,4-13,17H,3H2,(H,26,32)/b10-9+. The van der Waals surface area contributed by atoms with Crippen molar-refractivity contribution in [1.29, 1.82) is 0 Å². The van der Waals surface area contributed by atoms with Crippen LogP contribution in [0, 0.1) is 5.82 Å². The van der Waals surface area contributed by atoms with E-state index in [0.717, 1.165) is 5.70 Å². The van der Waals surface area contributed by atoms with Gasteiger partial charge in [-0.25, -0.2) is 4.39 Å². The molecule has 0 spiro atoms. The van der Waals surface area contributed by atoms with Crippen LogP contribution in [-0.4, -0.2) is 35.3 Å². The van der Waals surface area contributed by atoms with Crippen molar-refractivity contribution in [3.8, 4) is 22.8 Å². The van der Waals surface area contributed by atoms with E-state index in [4.69, 9.17) is 16.0 Å². The molecule has 0 bridgehead atoms. The van der Waals surface area contributed by atoms with Gasteiger partial charge in [0.1, 0.15) is 5.82 Å². The summed E-state index contributed by atoms with van der Waals surface area (Å²) in [5, 5.41) is 16.3. The van der Waals surface area contributed by atoms with Crippen molar-refractivity contribution in [3.63, 3.8) is 0 Å². The molecule has 0 radical (unpaired) electrons. The van der Waals surface area contributed by atoms with Gasteiger partial charge >= 0.3 is 0 Å². The number of aromatic amines is 1. The Morgan fingerprint density at radius 3 is 2.73 bits per heavy atom. The Labute approximate surface area is 191 Å². The Morgan fingerprint density at radius 1 is 1.09 bits per heavy atom. The maximum Gasteiger partial charge on any atom is 0.248 e. The number of nitrogens with one attached hydrogen (secondary N) is 1. The van der Waals surface area contributed by atoms with Crippen molar-refractivity contribution >= 4 is 29.5 Å². The first-order chi connectivity index (χ1) is 16.1. The number of H-pyrrole nitrogens is 1. The van der Waals surface area contributed by atoms with Crippen LogP contribution in [0.25, 0.3) is 40.7 Å². The molecule has 0 fully saturated rings. The van der Waals surface area contributed by atoms with E-state index >= 15 is 0 Å². The molecule has 0 aliphatic heterocycles. The summed E-state index contributed by atoms with van der Waals surface area (Å²) in [6.45, 7) is 0. The van der Waals surface area contributed by atoms with Gasteiger partial charge in [-0.2, -0.15) is 0 Å². The molecule has 3 heterocycles. The Morgan fingerprint density at radius 2 is 1.94 bits per heavy atom. The Bertz CT molecular complexity index is 1450. The number of alkyl halides is 1. The van der Waals surface area contributed by atoms with Gasteiger partial charge in [0.25, 0.3) is 0 Å². The first kappa shape index (κ1) is 20.8. The predicted octanol–water partition coefficient (Wildman–Crippen LogP) is 4.40. The van der Waals surface area contributed by atoms with Crippen molar-refractivity contribution in [2.75, 3.05) is 0 Å². The molecule has 1 aromatic carbocycles. The zero-order chi connectivity index (χ0) is 22.8. The van der Waals surface area contributed by atoms with Gasteiger partial charge in [-0.15, -0.1) is 32.0 Å². The summed E-state index contributed by atoms with van der Waals surface area (Å²) in [5.41, 5.74) is 1.72. The lowest BCUT2D eigenvalue weighted by Crippen LogP contribution is -2.13. The van der Waals surface area contributed by atoms with Crippen LogP contribution < -0.4 is 5.56 Å². The molecule has 4 aromatic rings. The lowest BCUT2D eigenvalue weighted by molar-refractivity contribution is 0.557. The molecule has 8 nitrogen and oxygen atoms in total. The number of rotatable bonds is 5. The monoisotopic (exact) mass is 462 g/mol. The Hall–Kier alpha value is -4.11. The van der Waals surface area contributed by atoms with Gasteiger partial charge in [-0.1, -0.05) is 12.2 Å². The van der Waals surface area contributed by atoms with Gasteiger partial charge in [-0.3, -0.25) is 9.36 Å². The quantitative estimate of drug-likeness (QED) is 0.441. The van der Waals surface area contributed by atoms with E-state index in [1.54, 1.807) is 30.4 Å². The topological polar surface area (TPSA) is 102 Å². The zero-order valence-electron chi connectivity index (χ0n) is 17.0. The minimum atomic E-state index is -0.340. The van der Waals surface area contributed by atoms with E-state index in [-0.39, 0.29) is 28.5 Å². The van der Waals surface area contributed by atoms with Crippen molar-refractivity contribution in [3.05, 3.63) is 88.7 Å². The van der Waals surface area contributed by atoms with Crippen molar-refractivity contribution in [1.82, 2.24) is 29.9 Å². The fourth-order valence-electron chi connectivity index (χ4n) is 3.39. The highest BCUT2D eigenvalue weighted by atomic mass is 35.5. The summed E-state index contributed by atoms with van der Waals surface area (Å²) in [7, 11) is 0. The van der Waals surface area contributed by atoms with E-state index in [1.807, 2.05) is 22.8 Å². The average Bonchev–Trinajstić information content (AvgIpc) is 3.46. The summed E-state index contributed by atoms with van der Waals surface area (Å²) in [5.74, 6) is 1.11. The normalized spacial score (nSPS) is 15.8. The number of halogens is 2. The van der Waals surface area contributed by atoms with Crippen LogP contribution in [0.15, 0.2) is 70.0 Å².